The van der Waals surface area contributed by atoms with Crippen molar-refractivity contribution in [2.75, 3.05) is 5.32 Å². The van der Waals surface area contributed by atoms with E-state index in [1.54, 1.807) is 13.8 Å². The van der Waals surface area contributed by atoms with Crippen LogP contribution in [0.3, 0.4) is 0 Å². The first-order valence-electron chi connectivity index (χ1n) is 9.11. The van der Waals surface area contributed by atoms with Crippen LogP contribution >= 0.6 is 0 Å². The number of carbonyl (C=O) groups excluding carboxylic acids is 1. The normalized spacial score (nSPS) is 21.5. The van der Waals surface area contributed by atoms with E-state index in [0.29, 0.717) is 31.6 Å². The largest absolute Gasteiger partial charge is 0.326 e. The van der Waals surface area contributed by atoms with E-state index in [9.17, 15) is 13.2 Å². The molecule has 0 heterocycles. The lowest BCUT2D eigenvalue weighted by Crippen LogP contribution is -2.42. The fourth-order valence-electron chi connectivity index (χ4n) is 3.04. The molecule has 140 valence electrons. The zero-order valence-corrected chi connectivity index (χ0v) is 16.4. The molecule has 0 aliphatic heterocycles. The van der Waals surface area contributed by atoms with Crippen LogP contribution in [0.5, 0.6) is 0 Å². The van der Waals surface area contributed by atoms with Gasteiger partial charge in [0.15, 0.2) is 0 Å². The molecule has 2 rings (SSSR count). The molecule has 0 atom stereocenters. The van der Waals surface area contributed by atoms with Crippen molar-refractivity contribution in [1.82, 2.24) is 4.72 Å². The van der Waals surface area contributed by atoms with E-state index in [2.05, 4.69) is 23.9 Å². The summed E-state index contributed by atoms with van der Waals surface area (Å²) < 4.78 is 26.6. The Kier molecular flexibility index (Phi) is 6.63. The molecule has 2 N–H and O–H groups in total. The van der Waals surface area contributed by atoms with Gasteiger partial charge in [-0.3, -0.25) is 4.79 Å². The van der Waals surface area contributed by atoms with Crippen LogP contribution in [-0.4, -0.2) is 25.6 Å². The topological polar surface area (TPSA) is 75.3 Å². The molecule has 0 aromatic heterocycles. The molecule has 0 spiro atoms. The molecule has 1 amide bonds. The van der Waals surface area contributed by atoms with E-state index < -0.39 is 15.3 Å². The van der Waals surface area contributed by atoms with Crippen molar-refractivity contribution in [3.8, 4) is 0 Å². The van der Waals surface area contributed by atoms with Crippen LogP contribution in [0.15, 0.2) is 24.3 Å². The van der Waals surface area contributed by atoms with Crippen molar-refractivity contribution in [3.05, 3.63) is 29.8 Å². The summed E-state index contributed by atoms with van der Waals surface area (Å²) in [6.45, 7) is 7.62. The van der Waals surface area contributed by atoms with Gasteiger partial charge in [-0.2, -0.15) is 0 Å². The summed E-state index contributed by atoms with van der Waals surface area (Å²) in [5.41, 5.74) is 2.06. The highest BCUT2D eigenvalue weighted by Crippen LogP contribution is 2.26. The minimum atomic E-state index is -3.25. The highest BCUT2D eigenvalue weighted by molar-refractivity contribution is 7.90. The summed E-state index contributed by atoms with van der Waals surface area (Å²) in [4.78, 5) is 12.4. The average Bonchev–Trinajstić information content (AvgIpc) is 2.55. The Morgan fingerprint density at radius 3 is 2.04 bits per heavy atom. The third-order valence-electron chi connectivity index (χ3n) is 4.89. The van der Waals surface area contributed by atoms with Gasteiger partial charge >= 0.3 is 0 Å². The number of hydrogen-bond donors (Lipinski definition) is 2. The summed E-state index contributed by atoms with van der Waals surface area (Å²) in [5, 5.41) is 2.55. The fourth-order valence-corrected chi connectivity index (χ4v) is 4.01. The summed E-state index contributed by atoms with van der Waals surface area (Å²) in [6.07, 6.45) is 2.83. The van der Waals surface area contributed by atoms with Gasteiger partial charge in [0, 0.05) is 17.6 Å². The SMILES string of the molecule is CC(C)c1ccc(NC(=O)[C@H]2CC[C@H](NS(=O)(=O)C(C)C)CC2)cc1. The Bertz CT molecular complexity index is 673. The van der Waals surface area contributed by atoms with Gasteiger partial charge < -0.3 is 5.32 Å². The van der Waals surface area contributed by atoms with Gasteiger partial charge in [-0.15, -0.1) is 0 Å². The van der Waals surface area contributed by atoms with E-state index in [-0.39, 0.29) is 17.9 Å². The smallest absolute Gasteiger partial charge is 0.227 e. The zero-order valence-electron chi connectivity index (χ0n) is 15.6. The number of hydrogen-bond acceptors (Lipinski definition) is 3. The van der Waals surface area contributed by atoms with Crippen molar-refractivity contribution in [2.45, 2.75) is 70.6 Å². The highest BCUT2D eigenvalue weighted by atomic mass is 32.2. The van der Waals surface area contributed by atoms with Crippen LogP contribution in [0, 0.1) is 5.92 Å². The number of carbonyl (C=O) groups is 1. The summed E-state index contributed by atoms with van der Waals surface area (Å²) in [7, 11) is -3.25. The van der Waals surface area contributed by atoms with Gasteiger partial charge in [0.05, 0.1) is 5.25 Å². The Morgan fingerprint density at radius 2 is 1.56 bits per heavy atom. The molecule has 1 aliphatic carbocycles. The van der Waals surface area contributed by atoms with Crippen molar-refractivity contribution in [2.24, 2.45) is 5.92 Å². The van der Waals surface area contributed by atoms with Crippen LogP contribution in [0.2, 0.25) is 0 Å². The van der Waals surface area contributed by atoms with Gasteiger partial charge in [0.2, 0.25) is 15.9 Å². The number of nitrogens with one attached hydrogen (secondary N) is 2. The predicted octanol–water partition coefficient (Wildman–Crippen LogP) is 3.64. The van der Waals surface area contributed by atoms with Gasteiger partial charge in [-0.25, -0.2) is 13.1 Å². The van der Waals surface area contributed by atoms with Crippen LogP contribution in [0.1, 0.15) is 64.9 Å². The van der Waals surface area contributed by atoms with E-state index in [1.807, 2.05) is 24.3 Å². The lowest BCUT2D eigenvalue weighted by molar-refractivity contribution is -0.120. The molecule has 1 aliphatic rings. The summed E-state index contributed by atoms with van der Waals surface area (Å²) in [6, 6.07) is 7.91. The maximum absolute atomic E-state index is 12.4. The molecule has 5 nitrogen and oxygen atoms in total. The Morgan fingerprint density at radius 1 is 1.00 bits per heavy atom. The van der Waals surface area contributed by atoms with Crippen LogP contribution < -0.4 is 10.0 Å². The number of anilines is 1. The molecular weight excluding hydrogens is 336 g/mol. The van der Waals surface area contributed by atoms with E-state index in [1.165, 1.54) is 5.56 Å². The third-order valence-corrected chi connectivity index (χ3v) is 6.80. The Balaban J connectivity index is 1.85. The number of amides is 1. The lowest BCUT2D eigenvalue weighted by atomic mass is 9.86. The van der Waals surface area contributed by atoms with Crippen molar-refractivity contribution < 1.29 is 13.2 Å². The monoisotopic (exact) mass is 366 g/mol. The second-order valence-corrected chi connectivity index (χ2v) is 9.79. The molecule has 6 heteroatoms. The molecule has 1 aromatic rings. The molecule has 0 saturated heterocycles. The summed E-state index contributed by atoms with van der Waals surface area (Å²) in [5.74, 6) is 0.446. The first-order chi connectivity index (χ1) is 11.7. The molecular formula is C19H30N2O3S. The average molecular weight is 367 g/mol. The van der Waals surface area contributed by atoms with Crippen molar-refractivity contribution in [3.63, 3.8) is 0 Å². The van der Waals surface area contributed by atoms with Crippen molar-refractivity contribution >= 4 is 21.6 Å². The maximum Gasteiger partial charge on any atom is 0.227 e. The summed E-state index contributed by atoms with van der Waals surface area (Å²) >= 11 is 0. The van der Waals surface area contributed by atoms with E-state index >= 15 is 0 Å². The quantitative estimate of drug-likeness (QED) is 0.807. The van der Waals surface area contributed by atoms with Gasteiger partial charge in [0.1, 0.15) is 0 Å². The number of rotatable bonds is 6. The van der Waals surface area contributed by atoms with Gasteiger partial charge in [-0.1, -0.05) is 26.0 Å². The minimum absolute atomic E-state index is 0.0301. The van der Waals surface area contributed by atoms with Crippen LogP contribution in [-0.2, 0) is 14.8 Å². The predicted molar refractivity (Wildman–Crippen MR) is 102 cm³/mol. The van der Waals surface area contributed by atoms with Gasteiger partial charge in [-0.05, 0) is 63.1 Å². The second-order valence-electron chi connectivity index (χ2n) is 7.53. The van der Waals surface area contributed by atoms with Crippen LogP contribution in [0.25, 0.3) is 0 Å². The van der Waals surface area contributed by atoms with Crippen LogP contribution in [0.4, 0.5) is 5.69 Å². The molecule has 0 radical (unpaired) electrons. The third kappa shape index (κ3) is 5.54. The number of sulfonamides is 1. The Labute approximate surface area is 151 Å². The highest BCUT2D eigenvalue weighted by Gasteiger charge is 2.29. The molecule has 1 saturated carbocycles. The standard InChI is InChI=1S/C19H30N2O3S/c1-13(2)15-5-9-17(10-6-15)20-19(22)16-7-11-18(12-8-16)21-25(23,24)14(3)4/h5-6,9-10,13-14,16,18,21H,7-8,11-12H2,1-4H3,(H,20,22)/t16-,18-. The molecule has 0 unspecified atom stereocenters. The first kappa shape index (κ1) is 19.9. The Hall–Kier alpha value is -1.40. The molecule has 1 fully saturated rings. The van der Waals surface area contributed by atoms with Crippen molar-refractivity contribution in [1.29, 1.82) is 0 Å². The van der Waals surface area contributed by atoms with E-state index in [0.717, 1.165) is 5.69 Å². The molecule has 25 heavy (non-hydrogen) atoms. The zero-order chi connectivity index (χ0) is 18.6. The number of benzene rings is 1. The van der Waals surface area contributed by atoms with E-state index in [4.69, 9.17) is 0 Å². The molecule has 1 aromatic carbocycles. The minimum Gasteiger partial charge on any atom is -0.326 e. The fraction of sp³-hybridized carbons (Fsp3) is 0.632. The first-order valence-corrected chi connectivity index (χ1v) is 10.7. The maximum atomic E-state index is 12.4. The van der Waals surface area contributed by atoms with Gasteiger partial charge in [0.25, 0.3) is 0 Å². The second kappa shape index (κ2) is 8.32. The molecule has 0 bridgehead atoms. The lowest BCUT2D eigenvalue weighted by Gasteiger charge is -2.28.